The van der Waals surface area contributed by atoms with Crippen molar-refractivity contribution in [2.45, 2.75) is 24.5 Å². The maximum absolute atomic E-state index is 12.4. The molecule has 0 aromatic carbocycles. The summed E-state index contributed by atoms with van der Waals surface area (Å²) in [5.41, 5.74) is 0. The van der Waals surface area contributed by atoms with Gasteiger partial charge in [-0.3, -0.25) is 0 Å². The van der Waals surface area contributed by atoms with E-state index in [1.807, 2.05) is 6.92 Å². The zero-order chi connectivity index (χ0) is 13.3. The molecule has 1 N–H and O–H groups in total. The predicted octanol–water partition coefficient (Wildman–Crippen LogP) is 0.944. The number of morpholine rings is 1. The highest BCUT2D eigenvalue weighted by molar-refractivity contribution is 9.10. The minimum absolute atomic E-state index is 0.0423. The van der Waals surface area contributed by atoms with Crippen LogP contribution < -0.4 is 0 Å². The van der Waals surface area contributed by atoms with Crippen LogP contribution in [0.3, 0.4) is 0 Å². The van der Waals surface area contributed by atoms with Crippen LogP contribution in [0.25, 0.3) is 0 Å². The van der Waals surface area contributed by atoms with E-state index in [9.17, 15) is 8.42 Å². The van der Waals surface area contributed by atoms with Crippen molar-refractivity contribution in [3.8, 4) is 0 Å². The van der Waals surface area contributed by atoms with Gasteiger partial charge in [0.15, 0.2) is 4.67 Å². The SMILES string of the molecule is CC1CN(S(=O)(=O)c2cc(CO)oc2Br)CCO1. The first kappa shape index (κ1) is 14.0. The minimum atomic E-state index is -3.61. The molecule has 1 aromatic rings. The van der Waals surface area contributed by atoms with E-state index in [1.54, 1.807) is 0 Å². The molecule has 0 spiro atoms. The number of nitrogens with zero attached hydrogens (tertiary/aromatic N) is 1. The lowest BCUT2D eigenvalue weighted by molar-refractivity contribution is 0.0101. The van der Waals surface area contributed by atoms with Crippen LogP contribution in [0.4, 0.5) is 0 Å². The van der Waals surface area contributed by atoms with Gasteiger partial charge in [-0.2, -0.15) is 4.31 Å². The Balaban J connectivity index is 2.32. The number of rotatable bonds is 3. The lowest BCUT2D eigenvalue weighted by Gasteiger charge is -2.29. The van der Waals surface area contributed by atoms with Crippen molar-refractivity contribution in [2.24, 2.45) is 0 Å². The van der Waals surface area contributed by atoms with Gasteiger partial charge in [-0.1, -0.05) is 0 Å². The van der Waals surface area contributed by atoms with Gasteiger partial charge in [0.1, 0.15) is 17.3 Å². The summed E-state index contributed by atoms with van der Waals surface area (Å²) in [5, 5.41) is 8.95. The van der Waals surface area contributed by atoms with Gasteiger partial charge in [0.2, 0.25) is 10.0 Å². The maximum Gasteiger partial charge on any atom is 0.247 e. The Morgan fingerprint density at radius 1 is 1.61 bits per heavy atom. The van der Waals surface area contributed by atoms with Gasteiger partial charge in [-0.15, -0.1) is 0 Å². The van der Waals surface area contributed by atoms with E-state index in [0.29, 0.717) is 19.7 Å². The van der Waals surface area contributed by atoms with E-state index in [1.165, 1.54) is 10.4 Å². The van der Waals surface area contributed by atoms with E-state index >= 15 is 0 Å². The van der Waals surface area contributed by atoms with Crippen molar-refractivity contribution in [1.29, 1.82) is 0 Å². The number of hydrogen-bond donors (Lipinski definition) is 1. The van der Waals surface area contributed by atoms with E-state index in [0.717, 1.165) is 0 Å². The molecule has 8 heteroatoms. The number of ether oxygens (including phenoxy) is 1. The fourth-order valence-electron chi connectivity index (χ4n) is 1.80. The van der Waals surface area contributed by atoms with Crippen molar-refractivity contribution in [1.82, 2.24) is 4.31 Å². The molecule has 2 rings (SSSR count). The fourth-order valence-corrected chi connectivity index (χ4v) is 4.26. The molecule has 2 heterocycles. The number of sulfonamides is 1. The van der Waals surface area contributed by atoms with E-state index in [2.05, 4.69) is 15.9 Å². The molecule has 102 valence electrons. The van der Waals surface area contributed by atoms with Crippen molar-refractivity contribution in [2.75, 3.05) is 19.7 Å². The summed E-state index contributed by atoms with van der Waals surface area (Å²) < 4.78 is 36.7. The molecular weight excluding hydrogens is 326 g/mol. The summed E-state index contributed by atoms with van der Waals surface area (Å²) in [6, 6.07) is 1.33. The Morgan fingerprint density at radius 3 is 2.89 bits per heavy atom. The lowest BCUT2D eigenvalue weighted by atomic mass is 10.3. The second-order valence-corrected chi connectivity index (χ2v) is 6.68. The van der Waals surface area contributed by atoms with E-state index < -0.39 is 10.0 Å². The monoisotopic (exact) mass is 339 g/mol. The number of hydrogen-bond acceptors (Lipinski definition) is 5. The number of aliphatic hydroxyl groups excluding tert-OH is 1. The molecule has 0 aliphatic carbocycles. The van der Waals surface area contributed by atoms with Gasteiger partial charge in [-0.05, 0) is 22.9 Å². The normalized spacial score (nSPS) is 22.3. The van der Waals surface area contributed by atoms with Gasteiger partial charge in [0, 0.05) is 19.2 Å². The van der Waals surface area contributed by atoms with E-state index in [-0.39, 0.29) is 28.0 Å². The molecule has 0 bridgehead atoms. The third kappa shape index (κ3) is 2.62. The first-order valence-corrected chi connectivity index (χ1v) is 7.69. The van der Waals surface area contributed by atoms with Gasteiger partial charge < -0.3 is 14.3 Å². The molecule has 1 aromatic heterocycles. The molecule has 1 fully saturated rings. The first-order valence-electron chi connectivity index (χ1n) is 5.46. The highest BCUT2D eigenvalue weighted by Crippen LogP contribution is 2.29. The van der Waals surface area contributed by atoms with Crippen LogP contribution in [0.1, 0.15) is 12.7 Å². The molecule has 0 saturated carbocycles. The predicted molar refractivity (Wildman–Crippen MR) is 66.5 cm³/mol. The van der Waals surface area contributed by atoms with Gasteiger partial charge in [0.05, 0.1) is 12.7 Å². The topological polar surface area (TPSA) is 80.0 Å². The largest absolute Gasteiger partial charge is 0.450 e. The van der Waals surface area contributed by atoms with Crippen molar-refractivity contribution in [3.63, 3.8) is 0 Å². The molecule has 0 amide bonds. The number of aliphatic hydroxyl groups is 1. The van der Waals surface area contributed by atoms with Crippen LogP contribution in [0.2, 0.25) is 0 Å². The summed E-state index contributed by atoms with van der Waals surface area (Å²) in [6.45, 7) is 2.49. The zero-order valence-electron chi connectivity index (χ0n) is 9.80. The summed E-state index contributed by atoms with van der Waals surface area (Å²) in [4.78, 5) is 0.0423. The second kappa shape index (κ2) is 5.30. The first-order chi connectivity index (χ1) is 8.45. The van der Waals surface area contributed by atoms with Crippen LogP contribution >= 0.6 is 15.9 Å². The Morgan fingerprint density at radius 2 is 2.33 bits per heavy atom. The van der Waals surface area contributed by atoms with E-state index in [4.69, 9.17) is 14.3 Å². The summed E-state index contributed by atoms with van der Waals surface area (Å²) in [5.74, 6) is 0.210. The highest BCUT2D eigenvalue weighted by Gasteiger charge is 2.32. The number of halogens is 1. The van der Waals surface area contributed by atoms with Crippen LogP contribution in [-0.2, 0) is 21.4 Å². The number of furan rings is 1. The standard InChI is InChI=1S/C10H14BrNO5S/c1-7-5-12(2-3-16-7)18(14,15)9-4-8(6-13)17-10(9)11/h4,7,13H,2-3,5-6H2,1H3. The molecule has 1 atom stereocenters. The Bertz CT molecular complexity index is 526. The van der Waals surface area contributed by atoms with Crippen LogP contribution in [0, 0.1) is 0 Å². The smallest absolute Gasteiger partial charge is 0.247 e. The Hall–Kier alpha value is -0.410. The van der Waals surface area contributed by atoms with Crippen molar-refractivity contribution < 1.29 is 22.7 Å². The molecule has 1 aliphatic rings. The molecule has 18 heavy (non-hydrogen) atoms. The van der Waals surface area contributed by atoms with Crippen molar-refractivity contribution in [3.05, 3.63) is 16.5 Å². The molecule has 1 aliphatic heterocycles. The van der Waals surface area contributed by atoms with Crippen LogP contribution in [0.5, 0.6) is 0 Å². The molecule has 1 saturated heterocycles. The Kier molecular flexibility index (Phi) is 4.12. The molecular formula is C10H14BrNO5S. The average Bonchev–Trinajstić information content (AvgIpc) is 2.71. The molecule has 0 radical (unpaired) electrons. The molecule has 6 nitrogen and oxygen atoms in total. The van der Waals surface area contributed by atoms with Gasteiger partial charge >= 0.3 is 0 Å². The minimum Gasteiger partial charge on any atom is -0.450 e. The summed E-state index contributed by atoms with van der Waals surface area (Å²) in [6.07, 6.45) is -0.128. The summed E-state index contributed by atoms with van der Waals surface area (Å²) >= 11 is 3.06. The van der Waals surface area contributed by atoms with Crippen LogP contribution in [0.15, 0.2) is 20.0 Å². The molecule has 1 unspecified atom stereocenters. The summed E-state index contributed by atoms with van der Waals surface area (Å²) in [7, 11) is -3.61. The maximum atomic E-state index is 12.4. The zero-order valence-corrected chi connectivity index (χ0v) is 12.2. The highest BCUT2D eigenvalue weighted by atomic mass is 79.9. The fraction of sp³-hybridized carbons (Fsp3) is 0.600. The average molecular weight is 340 g/mol. The van der Waals surface area contributed by atoms with Gasteiger partial charge in [-0.25, -0.2) is 8.42 Å². The van der Waals surface area contributed by atoms with Gasteiger partial charge in [0.25, 0.3) is 0 Å². The van der Waals surface area contributed by atoms with Crippen LogP contribution in [-0.4, -0.2) is 43.6 Å². The third-order valence-corrected chi connectivity index (χ3v) is 5.41. The Labute approximate surface area is 114 Å². The third-order valence-electron chi connectivity index (χ3n) is 2.68. The quantitative estimate of drug-likeness (QED) is 0.886. The van der Waals surface area contributed by atoms with Crippen molar-refractivity contribution >= 4 is 26.0 Å². The lowest BCUT2D eigenvalue weighted by Crippen LogP contribution is -2.44. The second-order valence-electron chi connectivity index (χ2n) is 4.05.